The summed E-state index contributed by atoms with van der Waals surface area (Å²) in [5, 5.41) is 2.65. The molecule has 0 aliphatic heterocycles. The van der Waals surface area contributed by atoms with Gasteiger partial charge in [0.05, 0.1) is 6.61 Å². The van der Waals surface area contributed by atoms with Gasteiger partial charge in [-0.1, -0.05) is 13.3 Å². The van der Waals surface area contributed by atoms with Crippen LogP contribution in [0.3, 0.4) is 0 Å². The van der Waals surface area contributed by atoms with Gasteiger partial charge in [0.25, 0.3) is 11.5 Å². The molecular weight excluding hydrogens is 232 g/mol. The molecule has 5 heteroatoms. The van der Waals surface area contributed by atoms with Crippen LogP contribution in [0.2, 0.25) is 0 Å². The average molecular weight is 252 g/mol. The Labute approximate surface area is 107 Å². The topological polar surface area (TPSA) is 71.2 Å². The standard InChI is InChI=1S/C13H20N2O3/c1-4-5-10-8-11(13(17)15-9(10)2)12(16)14-6-7-18-3/h8H,4-7H2,1-3H3,(H,14,16)(H,15,17). The predicted molar refractivity (Wildman–Crippen MR) is 70.0 cm³/mol. The molecule has 0 atom stereocenters. The summed E-state index contributed by atoms with van der Waals surface area (Å²) in [6.45, 7) is 4.73. The van der Waals surface area contributed by atoms with Crippen molar-refractivity contribution in [2.24, 2.45) is 0 Å². The van der Waals surface area contributed by atoms with Crippen molar-refractivity contribution in [1.82, 2.24) is 10.3 Å². The van der Waals surface area contributed by atoms with Crippen LogP contribution in [-0.4, -0.2) is 31.2 Å². The van der Waals surface area contributed by atoms with Crippen molar-refractivity contribution in [1.29, 1.82) is 0 Å². The molecule has 1 aromatic heterocycles. The Hall–Kier alpha value is -1.62. The Morgan fingerprint density at radius 2 is 2.22 bits per heavy atom. The van der Waals surface area contributed by atoms with Crippen molar-refractivity contribution in [3.05, 3.63) is 33.2 Å². The molecule has 1 aromatic rings. The zero-order valence-corrected chi connectivity index (χ0v) is 11.1. The van der Waals surface area contributed by atoms with E-state index < -0.39 is 0 Å². The molecule has 0 unspecified atom stereocenters. The first-order valence-corrected chi connectivity index (χ1v) is 6.10. The molecule has 0 bridgehead atoms. The fourth-order valence-corrected chi connectivity index (χ4v) is 1.73. The first kappa shape index (κ1) is 14.4. The van der Waals surface area contributed by atoms with Crippen molar-refractivity contribution in [3.63, 3.8) is 0 Å². The van der Waals surface area contributed by atoms with Crippen molar-refractivity contribution < 1.29 is 9.53 Å². The molecule has 0 spiro atoms. The van der Waals surface area contributed by atoms with Gasteiger partial charge >= 0.3 is 0 Å². The minimum atomic E-state index is -0.356. The van der Waals surface area contributed by atoms with E-state index >= 15 is 0 Å². The molecule has 5 nitrogen and oxygen atoms in total. The van der Waals surface area contributed by atoms with E-state index in [2.05, 4.69) is 17.2 Å². The highest BCUT2D eigenvalue weighted by Crippen LogP contribution is 2.07. The molecular formula is C13H20N2O3. The van der Waals surface area contributed by atoms with Gasteiger partial charge in [0.2, 0.25) is 0 Å². The smallest absolute Gasteiger partial charge is 0.261 e. The summed E-state index contributed by atoms with van der Waals surface area (Å²) in [5.41, 5.74) is 1.66. The SMILES string of the molecule is CCCc1cc(C(=O)NCCOC)c(=O)[nH]c1C. The van der Waals surface area contributed by atoms with Crippen molar-refractivity contribution in [3.8, 4) is 0 Å². The highest BCUT2D eigenvalue weighted by Gasteiger charge is 2.12. The largest absolute Gasteiger partial charge is 0.383 e. The van der Waals surface area contributed by atoms with Crippen molar-refractivity contribution in [2.75, 3.05) is 20.3 Å². The Balaban J connectivity index is 2.90. The van der Waals surface area contributed by atoms with Gasteiger partial charge in [-0.25, -0.2) is 0 Å². The van der Waals surface area contributed by atoms with Crippen molar-refractivity contribution >= 4 is 5.91 Å². The molecule has 0 aliphatic carbocycles. The number of carbonyl (C=O) groups is 1. The van der Waals surface area contributed by atoms with Crippen LogP contribution in [0.25, 0.3) is 0 Å². The molecule has 2 N–H and O–H groups in total. The number of hydrogen-bond donors (Lipinski definition) is 2. The van der Waals surface area contributed by atoms with Crippen LogP contribution in [0.1, 0.15) is 35.0 Å². The van der Waals surface area contributed by atoms with Gasteiger partial charge in [-0.3, -0.25) is 9.59 Å². The van der Waals surface area contributed by atoms with E-state index in [1.165, 1.54) is 0 Å². The first-order chi connectivity index (χ1) is 8.60. The third-order valence-electron chi connectivity index (χ3n) is 2.70. The van der Waals surface area contributed by atoms with Gasteiger partial charge in [0.15, 0.2) is 0 Å². The van der Waals surface area contributed by atoms with E-state index in [4.69, 9.17) is 4.74 Å². The molecule has 1 heterocycles. The summed E-state index contributed by atoms with van der Waals surface area (Å²) in [6, 6.07) is 1.68. The molecule has 0 aromatic carbocycles. The summed E-state index contributed by atoms with van der Waals surface area (Å²) in [6.07, 6.45) is 1.82. The first-order valence-electron chi connectivity index (χ1n) is 6.10. The zero-order chi connectivity index (χ0) is 13.5. The maximum Gasteiger partial charge on any atom is 0.261 e. The van der Waals surface area contributed by atoms with Crippen LogP contribution in [0.15, 0.2) is 10.9 Å². The maximum absolute atomic E-state index is 11.8. The third-order valence-corrected chi connectivity index (χ3v) is 2.70. The number of ether oxygens (including phenoxy) is 1. The summed E-state index contributed by atoms with van der Waals surface area (Å²) < 4.78 is 4.84. The van der Waals surface area contributed by atoms with Gasteiger partial charge in [0.1, 0.15) is 5.56 Å². The lowest BCUT2D eigenvalue weighted by molar-refractivity contribution is 0.0935. The number of aromatic nitrogens is 1. The van der Waals surface area contributed by atoms with E-state index in [1.807, 2.05) is 6.92 Å². The Morgan fingerprint density at radius 1 is 1.50 bits per heavy atom. The fourth-order valence-electron chi connectivity index (χ4n) is 1.73. The Kier molecular flexibility index (Phi) is 5.58. The number of nitrogens with one attached hydrogen (secondary N) is 2. The van der Waals surface area contributed by atoms with Crippen LogP contribution in [0.4, 0.5) is 0 Å². The minimum absolute atomic E-state index is 0.167. The van der Waals surface area contributed by atoms with Crippen LogP contribution >= 0.6 is 0 Å². The van der Waals surface area contributed by atoms with E-state index in [-0.39, 0.29) is 17.0 Å². The van der Waals surface area contributed by atoms with Crippen molar-refractivity contribution in [2.45, 2.75) is 26.7 Å². The molecule has 0 aliphatic rings. The quantitative estimate of drug-likeness (QED) is 0.742. The zero-order valence-electron chi connectivity index (χ0n) is 11.1. The van der Waals surface area contributed by atoms with Gasteiger partial charge in [-0.2, -0.15) is 0 Å². The van der Waals surface area contributed by atoms with Gasteiger partial charge in [0, 0.05) is 19.3 Å². The minimum Gasteiger partial charge on any atom is -0.383 e. The molecule has 0 radical (unpaired) electrons. The molecule has 0 fully saturated rings. The highest BCUT2D eigenvalue weighted by molar-refractivity contribution is 5.94. The molecule has 1 amide bonds. The third kappa shape index (κ3) is 3.70. The number of rotatable bonds is 6. The van der Waals surface area contributed by atoms with E-state index in [0.717, 1.165) is 24.1 Å². The van der Waals surface area contributed by atoms with Gasteiger partial charge in [-0.05, 0) is 25.0 Å². The number of aryl methyl sites for hydroxylation is 2. The van der Waals surface area contributed by atoms with E-state index in [9.17, 15) is 9.59 Å². The Bertz CT molecular complexity index is 466. The van der Waals surface area contributed by atoms with E-state index in [0.29, 0.717) is 13.2 Å². The maximum atomic E-state index is 11.8. The molecule has 100 valence electrons. The predicted octanol–water partition coefficient (Wildman–Crippen LogP) is 1.01. The molecule has 0 saturated carbocycles. The molecule has 0 saturated heterocycles. The molecule has 18 heavy (non-hydrogen) atoms. The summed E-state index contributed by atoms with van der Waals surface area (Å²) in [4.78, 5) is 26.3. The number of hydrogen-bond acceptors (Lipinski definition) is 3. The van der Waals surface area contributed by atoms with Crippen LogP contribution < -0.4 is 10.9 Å². The number of methoxy groups -OCH3 is 1. The monoisotopic (exact) mass is 252 g/mol. The summed E-state index contributed by atoms with van der Waals surface area (Å²) in [7, 11) is 1.56. The van der Waals surface area contributed by atoms with Crippen LogP contribution in [0, 0.1) is 6.92 Å². The Morgan fingerprint density at radius 3 is 2.83 bits per heavy atom. The van der Waals surface area contributed by atoms with Gasteiger partial charge in [-0.15, -0.1) is 0 Å². The second-order valence-corrected chi connectivity index (χ2v) is 4.16. The lowest BCUT2D eigenvalue weighted by atomic mass is 10.1. The summed E-state index contributed by atoms with van der Waals surface area (Å²) in [5.74, 6) is -0.356. The number of pyridine rings is 1. The van der Waals surface area contributed by atoms with Gasteiger partial charge < -0.3 is 15.0 Å². The average Bonchev–Trinajstić information content (AvgIpc) is 2.33. The van der Waals surface area contributed by atoms with Crippen LogP contribution in [-0.2, 0) is 11.2 Å². The summed E-state index contributed by atoms with van der Waals surface area (Å²) >= 11 is 0. The van der Waals surface area contributed by atoms with E-state index in [1.54, 1.807) is 13.2 Å². The second kappa shape index (κ2) is 6.96. The van der Waals surface area contributed by atoms with Crippen LogP contribution in [0.5, 0.6) is 0 Å². The fraction of sp³-hybridized carbons (Fsp3) is 0.538. The highest BCUT2D eigenvalue weighted by atomic mass is 16.5. The molecule has 1 rings (SSSR count). The lowest BCUT2D eigenvalue weighted by Gasteiger charge is -2.08. The number of H-pyrrole nitrogens is 1. The second-order valence-electron chi connectivity index (χ2n) is 4.16. The number of carbonyl (C=O) groups excluding carboxylic acids is 1. The normalized spacial score (nSPS) is 10.4. The number of aromatic amines is 1. The number of amides is 1. The lowest BCUT2D eigenvalue weighted by Crippen LogP contribution is -2.32.